The third-order valence-electron chi connectivity index (χ3n) is 6.51. The molecule has 0 spiro atoms. The van der Waals surface area contributed by atoms with Crippen LogP contribution >= 0.6 is 0 Å². The van der Waals surface area contributed by atoms with Crippen LogP contribution < -0.4 is 0 Å². The average molecular weight is 302 g/mol. The average Bonchev–Trinajstić information content (AvgIpc) is 2.45. The molecule has 2 fully saturated rings. The Hall–Kier alpha value is -1.31. The van der Waals surface area contributed by atoms with Crippen LogP contribution in [-0.2, 0) is 4.79 Å². The molecular weight excluding hydrogens is 272 g/mol. The lowest BCUT2D eigenvalue weighted by molar-refractivity contribution is -0.164. The molecule has 22 heavy (non-hydrogen) atoms. The van der Waals surface area contributed by atoms with Crippen LogP contribution in [0, 0.1) is 22.7 Å². The van der Waals surface area contributed by atoms with Crippen molar-refractivity contribution in [2.75, 3.05) is 0 Å². The summed E-state index contributed by atoms with van der Waals surface area (Å²) in [6.45, 7) is 14.5. The molecule has 2 nitrogen and oxygen atoms in total. The summed E-state index contributed by atoms with van der Waals surface area (Å²) in [6.07, 6.45) is 9.95. The zero-order valence-electron chi connectivity index (χ0n) is 14.3. The summed E-state index contributed by atoms with van der Waals surface area (Å²) in [7, 11) is 0. The van der Waals surface area contributed by atoms with Gasteiger partial charge >= 0.3 is 5.97 Å². The van der Waals surface area contributed by atoms with E-state index in [0.29, 0.717) is 5.92 Å². The minimum Gasteiger partial charge on any atom is -0.481 e. The van der Waals surface area contributed by atoms with E-state index >= 15 is 0 Å². The van der Waals surface area contributed by atoms with Crippen molar-refractivity contribution in [3.63, 3.8) is 0 Å². The molecule has 0 heterocycles. The Morgan fingerprint density at radius 3 is 2.68 bits per heavy atom. The standard InChI is InChI=1S/C20H30O2/c1-6-14(2)8-10-16-15(3)9-11-17-19(16,4)12-7-13-20(17,5)18(21)22/h6,8,16-17H,1,3,7,9-13H2,2,4-5H3,(H,21,22)/b14-8-/t16?,17?,19-,20-/m1/s1. The normalized spacial score (nSPS) is 39.2. The molecule has 0 saturated heterocycles. The summed E-state index contributed by atoms with van der Waals surface area (Å²) >= 11 is 0. The van der Waals surface area contributed by atoms with Gasteiger partial charge in [-0.15, -0.1) is 0 Å². The number of hydrogen-bond donors (Lipinski definition) is 1. The van der Waals surface area contributed by atoms with E-state index in [9.17, 15) is 9.90 Å². The fourth-order valence-corrected chi connectivity index (χ4v) is 5.03. The predicted octanol–water partition coefficient (Wildman–Crippen LogP) is 5.37. The molecule has 2 aliphatic rings. The van der Waals surface area contributed by atoms with Crippen molar-refractivity contribution < 1.29 is 9.90 Å². The Morgan fingerprint density at radius 2 is 2.09 bits per heavy atom. The zero-order chi connectivity index (χ0) is 16.5. The Balaban J connectivity index is 2.36. The van der Waals surface area contributed by atoms with Crippen LogP contribution in [-0.4, -0.2) is 11.1 Å². The second kappa shape index (κ2) is 6.06. The molecule has 4 atom stereocenters. The molecule has 122 valence electrons. The van der Waals surface area contributed by atoms with Gasteiger partial charge in [-0.1, -0.05) is 49.8 Å². The van der Waals surface area contributed by atoms with E-state index < -0.39 is 11.4 Å². The van der Waals surface area contributed by atoms with Gasteiger partial charge < -0.3 is 5.11 Å². The summed E-state index contributed by atoms with van der Waals surface area (Å²) in [4.78, 5) is 11.9. The smallest absolute Gasteiger partial charge is 0.309 e. The second-order valence-corrected chi connectivity index (χ2v) is 7.77. The van der Waals surface area contributed by atoms with Gasteiger partial charge in [0.05, 0.1) is 5.41 Å². The fourth-order valence-electron chi connectivity index (χ4n) is 5.03. The molecule has 0 radical (unpaired) electrons. The number of hydrogen-bond acceptors (Lipinski definition) is 1. The van der Waals surface area contributed by atoms with Crippen LogP contribution in [0.4, 0.5) is 0 Å². The van der Waals surface area contributed by atoms with Crippen LogP contribution in [0.1, 0.15) is 59.3 Å². The maximum atomic E-state index is 11.9. The van der Waals surface area contributed by atoms with Crippen LogP contribution in [0.5, 0.6) is 0 Å². The number of carbonyl (C=O) groups is 1. The molecule has 0 bridgehead atoms. The lowest BCUT2D eigenvalue weighted by Crippen LogP contribution is -2.53. The van der Waals surface area contributed by atoms with Gasteiger partial charge in [0.15, 0.2) is 0 Å². The highest BCUT2D eigenvalue weighted by molar-refractivity contribution is 5.75. The fraction of sp³-hybridized carbons (Fsp3) is 0.650. The first kappa shape index (κ1) is 17.1. The highest BCUT2D eigenvalue weighted by atomic mass is 16.4. The lowest BCUT2D eigenvalue weighted by Gasteiger charge is -2.57. The first-order chi connectivity index (χ1) is 10.3. The molecule has 2 unspecified atom stereocenters. The van der Waals surface area contributed by atoms with Crippen molar-refractivity contribution in [3.8, 4) is 0 Å². The van der Waals surface area contributed by atoms with Crippen LogP contribution in [0.15, 0.2) is 36.5 Å². The molecular formula is C20H30O2. The number of carboxylic acids is 1. The summed E-state index contributed by atoms with van der Waals surface area (Å²) in [5, 5.41) is 9.81. The van der Waals surface area contributed by atoms with Crippen LogP contribution in [0.3, 0.4) is 0 Å². The van der Waals surface area contributed by atoms with Gasteiger partial charge in [0.1, 0.15) is 0 Å². The number of aliphatic carboxylic acids is 1. The molecule has 2 saturated carbocycles. The van der Waals surface area contributed by atoms with Gasteiger partial charge in [-0.2, -0.15) is 0 Å². The van der Waals surface area contributed by atoms with E-state index in [-0.39, 0.29) is 11.3 Å². The van der Waals surface area contributed by atoms with Crippen molar-refractivity contribution in [2.45, 2.75) is 59.3 Å². The molecule has 0 aromatic carbocycles. The van der Waals surface area contributed by atoms with Crippen molar-refractivity contribution in [1.82, 2.24) is 0 Å². The molecule has 2 aliphatic carbocycles. The van der Waals surface area contributed by atoms with E-state index in [4.69, 9.17) is 0 Å². The topological polar surface area (TPSA) is 37.3 Å². The summed E-state index contributed by atoms with van der Waals surface area (Å²) in [6, 6.07) is 0. The quantitative estimate of drug-likeness (QED) is 0.559. The van der Waals surface area contributed by atoms with E-state index in [0.717, 1.165) is 38.5 Å². The van der Waals surface area contributed by atoms with E-state index in [1.807, 2.05) is 13.0 Å². The van der Waals surface area contributed by atoms with Gasteiger partial charge in [0.2, 0.25) is 0 Å². The number of allylic oxidation sites excluding steroid dienone is 4. The van der Waals surface area contributed by atoms with Crippen LogP contribution in [0.25, 0.3) is 0 Å². The highest BCUT2D eigenvalue weighted by Gasteiger charge is 2.57. The predicted molar refractivity (Wildman–Crippen MR) is 91.6 cm³/mol. The minimum atomic E-state index is -0.618. The number of rotatable bonds is 4. The van der Waals surface area contributed by atoms with Gasteiger partial charge in [0.25, 0.3) is 0 Å². The van der Waals surface area contributed by atoms with Gasteiger partial charge in [0, 0.05) is 0 Å². The SMILES string of the molecule is C=C/C(C)=C\CC1C(=C)CCC2[C@]1(C)CCC[C@@]2(C)C(=O)O. The highest BCUT2D eigenvalue weighted by Crippen LogP contribution is 2.61. The van der Waals surface area contributed by atoms with Gasteiger partial charge in [-0.05, 0) is 63.2 Å². The third kappa shape index (κ3) is 2.68. The monoisotopic (exact) mass is 302 g/mol. The van der Waals surface area contributed by atoms with E-state index in [1.165, 1.54) is 11.1 Å². The van der Waals surface area contributed by atoms with Crippen molar-refractivity contribution in [2.24, 2.45) is 22.7 Å². The second-order valence-electron chi connectivity index (χ2n) is 7.77. The molecule has 2 heteroatoms. The Morgan fingerprint density at radius 1 is 1.41 bits per heavy atom. The first-order valence-corrected chi connectivity index (χ1v) is 8.46. The Bertz CT molecular complexity index is 516. The zero-order valence-corrected chi connectivity index (χ0v) is 14.3. The van der Waals surface area contributed by atoms with E-state index in [2.05, 4.69) is 33.1 Å². The largest absolute Gasteiger partial charge is 0.481 e. The molecule has 2 rings (SSSR count). The lowest BCUT2D eigenvalue weighted by atomic mass is 9.46. The maximum absolute atomic E-state index is 11.9. The molecule has 0 aromatic rings. The van der Waals surface area contributed by atoms with Crippen molar-refractivity contribution >= 4 is 5.97 Å². The van der Waals surface area contributed by atoms with Crippen molar-refractivity contribution in [3.05, 3.63) is 36.5 Å². The van der Waals surface area contributed by atoms with Crippen LogP contribution in [0.2, 0.25) is 0 Å². The molecule has 0 aliphatic heterocycles. The maximum Gasteiger partial charge on any atom is 0.309 e. The summed E-state index contributed by atoms with van der Waals surface area (Å²) < 4.78 is 0. The Labute approximate surface area is 135 Å². The minimum absolute atomic E-state index is 0.0542. The molecule has 0 amide bonds. The summed E-state index contributed by atoms with van der Waals surface area (Å²) in [5.74, 6) is 0.0202. The molecule has 0 aromatic heterocycles. The molecule has 1 N–H and O–H groups in total. The first-order valence-electron chi connectivity index (χ1n) is 8.46. The third-order valence-corrected chi connectivity index (χ3v) is 6.51. The van der Waals surface area contributed by atoms with Gasteiger partial charge in [-0.3, -0.25) is 4.79 Å². The van der Waals surface area contributed by atoms with Crippen molar-refractivity contribution in [1.29, 1.82) is 0 Å². The van der Waals surface area contributed by atoms with E-state index in [1.54, 1.807) is 0 Å². The van der Waals surface area contributed by atoms with Gasteiger partial charge in [-0.25, -0.2) is 0 Å². The summed E-state index contributed by atoms with van der Waals surface area (Å²) in [5.41, 5.74) is 1.97. The Kier molecular flexibility index (Phi) is 4.70. The number of carboxylic acid groups (broad SMARTS) is 1. The number of fused-ring (bicyclic) bond motifs is 1.